The van der Waals surface area contributed by atoms with Crippen LogP contribution in [0, 0.1) is 0 Å². The molecule has 1 saturated heterocycles. The minimum Gasteiger partial charge on any atom is -0.487 e. The highest BCUT2D eigenvalue weighted by Gasteiger charge is 2.43. The molecule has 2 aliphatic heterocycles. The molecule has 0 aliphatic carbocycles. The number of sulfonamides is 1. The molecule has 30 heavy (non-hydrogen) atoms. The largest absolute Gasteiger partial charge is 0.487 e. The third-order valence-corrected chi connectivity index (χ3v) is 7.46. The predicted octanol–water partition coefficient (Wildman–Crippen LogP) is 1.18. The van der Waals surface area contributed by atoms with E-state index >= 15 is 0 Å². The lowest BCUT2D eigenvalue weighted by molar-refractivity contribution is 0.0749. The molecule has 1 aromatic carbocycles. The maximum Gasteiger partial charge on any atom is 0.272 e. The van der Waals surface area contributed by atoms with E-state index in [-0.39, 0.29) is 30.1 Å². The maximum absolute atomic E-state index is 13.4. The van der Waals surface area contributed by atoms with Gasteiger partial charge in [0.1, 0.15) is 28.8 Å². The van der Waals surface area contributed by atoms with Gasteiger partial charge in [0.05, 0.1) is 12.6 Å². The van der Waals surface area contributed by atoms with Crippen molar-refractivity contribution in [3.8, 4) is 5.75 Å². The number of nitrogens with zero attached hydrogens (tertiary/aromatic N) is 4. The molecule has 0 spiro atoms. The lowest BCUT2D eigenvalue weighted by Crippen LogP contribution is -2.48. The van der Waals surface area contributed by atoms with Gasteiger partial charge in [0, 0.05) is 39.4 Å². The lowest BCUT2D eigenvalue weighted by Gasteiger charge is -2.31. The molecule has 0 saturated carbocycles. The lowest BCUT2D eigenvalue weighted by atomic mass is 10.1. The van der Waals surface area contributed by atoms with Crippen LogP contribution in [0.25, 0.3) is 0 Å². The van der Waals surface area contributed by atoms with Crippen molar-refractivity contribution < 1.29 is 22.7 Å². The number of aromatic nitrogens is 2. The summed E-state index contributed by atoms with van der Waals surface area (Å²) in [6.45, 7) is 1.35. The molecule has 3 heterocycles. The second kappa shape index (κ2) is 8.66. The van der Waals surface area contributed by atoms with Crippen molar-refractivity contribution in [2.75, 3.05) is 33.4 Å². The van der Waals surface area contributed by atoms with Gasteiger partial charge in [0.15, 0.2) is 0 Å². The molecule has 2 aliphatic rings. The number of hydrogen-bond acceptors (Lipinski definition) is 7. The number of benzene rings is 1. The molecule has 0 N–H and O–H groups in total. The molecule has 1 amide bonds. The molecule has 1 fully saturated rings. The number of ether oxygens (including phenoxy) is 2. The third-order valence-electron chi connectivity index (χ3n) is 5.50. The summed E-state index contributed by atoms with van der Waals surface area (Å²) in [5.41, 5.74) is 0.321. The first-order valence-corrected chi connectivity index (χ1v) is 11.3. The van der Waals surface area contributed by atoms with Crippen LogP contribution in [-0.4, -0.2) is 79.0 Å². The number of carbonyl (C=O) groups excluding carboxylic acids is 1. The van der Waals surface area contributed by atoms with Gasteiger partial charge < -0.3 is 14.4 Å². The number of amides is 1. The zero-order valence-electron chi connectivity index (χ0n) is 16.7. The van der Waals surface area contributed by atoms with Gasteiger partial charge in [0.2, 0.25) is 10.0 Å². The number of para-hydroxylation sites is 1. The summed E-state index contributed by atoms with van der Waals surface area (Å²) in [4.78, 5) is 22.6. The minimum atomic E-state index is -3.76. The summed E-state index contributed by atoms with van der Waals surface area (Å²) < 4.78 is 39.7. The van der Waals surface area contributed by atoms with Crippen molar-refractivity contribution in [2.24, 2.45) is 0 Å². The molecule has 2 atom stereocenters. The number of hydrogen-bond donors (Lipinski definition) is 0. The van der Waals surface area contributed by atoms with Gasteiger partial charge in [-0.1, -0.05) is 12.1 Å². The summed E-state index contributed by atoms with van der Waals surface area (Å²) in [6, 6.07) is 7.88. The third kappa shape index (κ3) is 3.90. The Balaban J connectivity index is 1.65. The second-order valence-corrected chi connectivity index (χ2v) is 9.10. The van der Waals surface area contributed by atoms with E-state index in [0.29, 0.717) is 37.4 Å². The van der Waals surface area contributed by atoms with Crippen LogP contribution in [0.1, 0.15) is 23.3 Å². The molecule has 0 bridgehead atoms. The smallest absolute Gasteiger partial charge is 0.272 e. The average Bonchev–Trinajstić information content (AvgIpc) is 3.01. The average molecular weight is 433 g/mol. The Morgan fingerprint density at radius 3 is 2.80 bits per heavy atom. The number of carbonyl (C=O) groups is 1. The number of rotatable bonds is 4. The maximum atomic E-state index is 13.4. The van der Waals surface area contributed by atoms with Crippen LogP contribution in [0.3, 0.4) is 0 Å². The van der Waals surface area contributed by atoms with Crippen molar-refractivity contribution in [1.82, 2.24) is 19.2 Å². The SMILES string of the molecule is COCCN1[C@H]2CCN(C(=O)c3ccncn3)CC[C@@H]2Oc2ccccc2S1(=O)=O. The molecule has 2 aromatic rings. The van der Waals surface area contributed by atoms with Crippen LogP contribution in [-0.2, 0) is 14.8 Å². The Labute approximate surface area is 175 Å². The van der Waals surface area contributed by atoms with Crippen molar-refractivity contribution in [3.63, 3.8) is 0 Å². The Morgan fingerprint density at radius 2 is 2.03 bits per heavy atom. The summed E-state index contributed by atoms with van der Waals surface area (Å²) >= 11 is 0. The van der Waals surface area contributed by atoms with E-state index in [1.807, 2.05) is 0 Å². The number of methoxy groups -OCH3 is 1. The Morgan fingerprint density at radius 1 is 1.23 bits per heavy atom. The van der Waals surface area contributed by atoms with Gasteiger partial charge in [-0.15, -0.1) is 0 Å². The van der Waals surface area contributed by atoms with Crippen LogP contribution >= 0.6 is 0 Å². The fourth-order valence-corrected chi connectivity index (χ4v) is 5.79. The van der Waals surface area contributed by atoms with Crippen molar-refractivity contribution >= 4 is 15.9 Å². The van der Waals surface area contributed by atoms with Gasteiger partial charge in [-0.05, 0) is 24.6 Å². The zero-order chi connectivity index (χ0) is 21.1. The van der Waals surface area contributed by atoms with E-state index in [0.717, 1.165) is 0 Å². The van der Waals surface area contributed by atoms with Crippen LogP contribution in [0.15, 0.2) is 47.8 Å². The van der Waals surface area contributed by atoms with Crippen molar-refractivity contribution in [2.45, 2.75) is 29.9 Å². The van der Waals surface area contributed by atoms with Crippen LogP contribution in [0.4, 0.5) is 0 Å². The predicted molar refractivity (Wildman–Crippen MR) is 108 cm³/mol. The Kier molecular flexibility index (Phi) is 5.98. The number of fused-ring (bicyclic) bond motifs is 2. The summed E-state index contributed by atoms with van der Waals surface area (Å²) in [7, 11) is -2.22. The molecule has 10 heteroatoms. The highest BCUT2D eigenvalue weighted by atomic mass is 32.2. The molecular formula is C20H24N4O5S. The quantitative estimate of drug-likeness (QED) is 0.715. The van der Waals surface area contributed by atoms with Crippen molar-refractivity contribution in [3.05, 3.63) is 48.5 Å². The fourth-order valence-electron chi connectivity index (χ4n) is 4.01. The zero-order valence-corrected chi connectivity index (χ0v) is 17.5. The molecule has 0 radical (unpaired) electrons. The van der Waals surface area contributed by atoms with E-state index < -0.39 is 16.1 Å². The first-order valence-electron chi connectivity index (χ1n) is 9.84. The Bertz CT molecular complexity index is 1000. The highest BCUT2D eigenvalue weighted by molar-refractivity contribution is 7.89. The molecule has 0 unspecified atom stereocenters. The Hall–Kier alpha value is -2.56. The van der Waals surface area contributed by atoms with E-state index in [1.165, 1.54) is 16.8 Å². The van der Waals surface area contributed by atoms with Crippen LogP contribution in [0.2, 0.25) is 0 Å². The molecule has 9 nitrogen and oxygen atoms in total. The van der Waals surface area contributed by atoms with Gasteiger partial charge >= 0.3 is 0 Å². The normalized spacial score (nSPS) is 23.4. The number of likely N-dealkylation sites (tertiary alicyclic amines) is 1. The van der Waals surface area contributed by atoms with E-state index in [2.05, 4.69) is 9.97 Å². The van der Waals surface area contributed by atoms with Gasteiger partial charge in [-0.25, -0.2) is 18.4 Å². The standard InChI is InChI=1S/C20H24N4O5S/c1-28-13-12-24-16-7-10-23(20(25)15-6-9-21-14-22-15)11-8-17(16)29-18-4-2-3-5-19(18)30(24,26)27/h2-6,9,14,16-17H,7-8,10-13H2,1H3/t16-,17-/m0/s1. The van der Waals surface area contributed by atoms with E-state index in [9.17, 15) is 13.2 Å². The molecule has 160 valence electrons. The topological polar surface area (TPSA) is 102 Å². The van der Waals surface area contributed by atoms with Crippen LogP contribution < -0.4 is 4.74 Å². The summed E-state index contributed by atoms with van der Waals surface area (Å²) in [5.74, 6) is 0.156. The first kappa shape index (κ1) is 20.7. The summed E-state index contributed by atoms with van der Waals surface area (Å²) in [6.07, 6.45) is 3.46. The monoisotopic (exact) mass is 432 g/mol. The first-order chi connectivity index (χ1) is 14.5. The van der Waals surface area contributed by atoms with Crippen LogP contribution in [0.5, 0.6) is 5.75 Å². The molecule has 1 aromatic heterocycles. The fraction of sp³-hybridized carbons (Fsp3) is 0.450. The minimum absolute atomic E-state index is 0.170. The second-order valence-electron chi connectivity index (χ2n) is 7.24. The molecular weight excluding hydrogens is 408 g/mol. The van der Waals surface area contributed by atoms with E-state index in [1.54, 1.807) is 42.3 Å². The highest BCUT2D eigenvalue weighted by Crippen LogP contribution is 2.36. The van der Waals surface area contributed by atoms with Gasteiger partial charge in [-0.2, -0.15) is 4.31 Å². The van der Waals surface area contributed by atoms with Gasteiger partial charge in [-0.3, -0.25) is 4.79 Å². The summed E-state index contributed by atoms with van der Waals surface area (Å²) in [5, 5.41) is 0. The van der Waals surface area contributed by atoms with Crippen molar-refractivity contribution in [1.29, 1.82) is 0 Å². The van der Waals surface area contributed by atoms with Gasteiger partial charge in [0.25, 0.3) is 5.91 Å². The molecule has 4 rings (SSSR count). The van der Waals surface area contributed by atoms with E-state index in [4.69, 9.17) is 9.47 Å².